The Balaban J connectivity index is 1.32. The molecule has 0 unspecified atom stereocenters. The van der Waals surface area contributed by atoms with Crippen LogP contribution in [0.25, 0.3) is 11.4 Å². The first kappa shape index (κ1) is 25.7. The van der Waals surface area contributed by atoms with Gasteiger partial charge in [0, 0.05) is 48.9 Å². The molecule has 8 heteroatoms. The molecule has 2 aromatic carbocycles. The molecule has 1 aliphatic heterocycles. The van der Waals surface area contributed by atoms with Crippen LogP contribution in [0.5, 0.6) is 5.75 Å². The van der Waals surface area contributed by atoms with Gasteiger partial charge in [-0.15, -0.1) is 0 Å². The molecule has 0 N–H and O–H groups in total. The first-order valence-corrected chi connectivity index (χ1v) is 12.1. The van der Waals surface area contributed by atoms with Gasteiger partial charge in [0.05, 0.1) is 12.1 Å². The average Bonchev–Trinajstić information content (AvgIpc) is 2.85. The summed E-state index contributed by atoms with van der Waals surface area (Å²) in [4.78, 5) is 23.6. The second-order valence-electron chi connectivity index (χ2n) is 9.89. The lowest BCUT2D eigenvalue weighted by molar-refractivity contribution is -0.155. The van der Waals surface area contributed by atoms with Crippen molar-refractivity contribution in [3.05, 3.63) is 77.1 Å². The zero-order valence-corrected chi connectivity index (χ0v) is 20.8. The monoisotopic (exact) mass is 495 g/mol. The number of nitrogens with zero attached hydrogens (tertiary/aromatic N) is 3. The van der Waals surface area contributed by atoms with Crippen molar-refractivity contribution in [1.82, 2.24) is 14.9 Å². The highest BCUT2D eigenvalue weighted by atomic mass is 19.3. The van der Waals surface area contributed by atoms with Gasteiger partial charge >= 0.3 is 5.97 Å². The van der Waals surface area contributed by atoms with Crippen LogP contribution in [0.4, 0.5) is 8.78 Å². The maximum atomic E-state index is 12.9. The summed E-state index contributed by atoms with van der Waals surface area (Å²) >= 11 is 0. The number of benzene rings is 2. The molecule has 190 valence electrons. The van der Waals surface area contributed by atoms with Gasteiger partial charge in [-0.05, 0) is 56.7 Å². The highest BCUT2D eigenvalue weighted by molar-refractivity contribution is 5.70. The van der Waals surface area contributed by atoms with E-state index in [0.29, 0.717) is 36.6 Å². The molecule has 0 aliphatic carbocycles. The van der Waals surface area contributed by atoms with Gasteiger partial charge in [-0.2, -0.15) is 0 Å². The van der Waals surface area contributed by atoms with Crippen LogP contribution in [0.2, 0.25) is 0 Å². The minimum atomic E-state index is -2.50. The Bertz CT molecular complexity index is 1190. The number of fused-ring (bicyclic) bond motifs is 1. The lowest BCUT2D eigenvalue weighted by Gasteiger charge is -2.28. The quantitative estimate of drug-likeness (QED) is 0.371. The van der Waals surface area contributed by atoms with Gasteiger partial charge in [-0.25, -0.2) is 18.7 Å². The predicted octanol–water partition coefficient (Wildman–Crippen LogP) is 5.75. The highest BCUT2D eigenvalue weighted by Gasteiger charge is 2.21. The van der Waals surface area contributed by atoms with E-state index in [9.17, 15) is 13.6 Å². The number of hydrogen-bond donors (Lipinski definition) is 0. The maximum Gasteiger partial charge on any atom is 0.307 e. The van der Waals surface area contributed by atoms with Crippen LogP contribution >= 0.6 is 0 Å². The second-order valence-corrected chi connectivity index (χ2v) is 9.89. The number of rotatable bonds is 8. The Labute approximate surface area is 210 Å². The predicted molar refractivity (Wildman–Crippen MR) is 133 cm³/mol. The lowest BCUT2D eigenvalue weighted by Crippen LogP contribution is -2.34. The molecule has 0 atom stereocenters. The first-order valence-electron chi connectivity index (χ1n) is 12.1. The van der Waals surface area contributed by atoms with Crippen molar-refractivity contribution in [1.29, 1.82) is 0 Å². The van der Waals surface area contributed by atoms with Crippen LogP contribution in [0.1, 0.15) is 56.0 Å². The third kappa shape index (κ3) is 7.07. The molecule has 6 nitrogen and oxygen atoms in total. The Morgan fingerprint density at radius 1 is 1.14 bits per heavy atom. The fourth-order valence-electron chi connectivity index (χ4n) is 4.03. The Kier molecular flexibility index (Phi) is 7.94. The third-order valence-electron chi connectivity index (χ3n) is 5.79. The van der Waals surface area contributed by atoms with Gasteiger partial charge in [-0.3, -0.25) is 9.69 Å². The van der Waals surface area contributed by atoms with Crippen LogP contribution in [-0.4, -0.2) is 39.5 Å². The molecule has 0 amide bonds. The van der Waals surface area contributed by atoms with E-state index < -0.39 is 12.0 Å². The number of esters is 1. The summed E-state index contributed by atoms with van der Waals surface area (Å²) in [5.41, 5.74) is 3.17. The van der Waals surface area contributed by atoms with Crippen molar-refractivity contribution < 1.29 is 23.0 Å². The third-order valence-corrected chi connectivity index (χ3v) is 5.79. The van der Waals surface area contributed by atoms with Crippen LogP contribution in [-0.2, 0) is 29.1 Å². The van der Waals surface area contributed by atoms with Crippen LogP contribution in [0, 0.1) is 0 Å². The van der Waals surface area contributed by atoms with Crippen molar-refractivity contribution in [2.24, 2.45) is 0 Å². The standard InChI is InChI=1S/C28H31F2N3O3/c1-28(2,3)36-25(34)12-14-33-13-11-24-22(17-33)16-31-27(32-24)20-7-9-23(10-8-20)35-18-19-5-4-6-21(15-19)26(29)30/h4-10,15-16,26H,11-14,17-18H2,1-3H3. The molecule has 0 saturated carbocycles. The van der Waals surface area contributed by atoms with Gasteiger partial charge in [0.2, 0.25) is 0 Å². The Hall–Kier alpha value is -3.39. The summed E-state index contributed by atoms with van der Waals surface area (Å²) in [7, 11) is 0. The van der Waals surface area contributed by atoms with Gasteiger partial charge in [0.1, 0.15) is 18.0 Å². The smallest absolute Gasteiger partial charge is 0.307 e. The zero-order valence-electron chi connectivity index (χ0n) is 20.8. The summed E-state index contributed by atoms with van der Waals surface area (Å²) in [6.07, 6.45) is 0.508. The number of aromatic nitrogens is 2. The summed E-state index contributed by atoms with van der Waals surface area (Å²) in [6, 6.07) is 13.7. The molecule has 0 bridgehead atoms. The van der Waals surface area contributed by atoms with Crippen LogP contribution in [0.15, 0.2) is 54.7 Å². The second kappa shape index (κ2) is 11.1. The average molecular weight is 496 g/mol. The fourth-order valence-corrected chi connectivity index (χ4v) is 4.03. The molecule has 36 heavy (non-hydrogen) atoms. The molecule has 0 saturated heterocycles. The Morgan fingerprint density at radius 2 is 1.92 bits per heavy atom. The van der Waals surface area contributed by atoms with Crippen molar-refractivity contribution in [3.63, 3.8) is 0 Å². The lowest BCUT2D eigenvalue weighted by atomic mass is 10.1. The van der Waals surface area contributed by atoms with E-state index in [1.165, 1.54) is 12.1 Å². The number of ether oxygens (including phenoxy) is 2. The zero-order chi connectivity index (χ0) is 25.7. The summed E-state index contributed by atoms with van der Waals surface area (Å²) in [6.45, 7) is 7.99. The van der Waals surface area contributed by atoms with E-state index in [1.807, 2.05) is 51.2 Å². The van der Waals surface area contributed by atoms with Gasteiger partial charge in [0.25, 0.3) is 6.43 Å². The SMILES string of the molecule is CC(C)(C)OC(=O)CCN1CCc2nc(-c3ccc(OCc4cccc(C(F)F)c4)cc3)ncc2C1. The summed E-state index contributed by atoms with van der Waals surface area (Å²) in [5, 5.41) is 0. The normalized spacial score (nSPS) is 13.9. The Morgan fingerprint density at radius 3 is 2.64 bits per heavy atom. The van der Waals surface area contributed by atoms with Gasteiger partial charge < -0.3 is 9.47 Å². The molecular formula is C28H31F2N3O3. The number of halogens is 2. The van der Waals surface area contributed by atoms with Crippen LogP contribution < -0.4 is 4.74 Å². The van der Waals surface area contributed by atoms with Gasteiger partial charge in [0.15, 0.2) is 5.82 Å². The number of carbonyl (C=O) groups excluding carboxylic acids is 1. The summed E-state index contributed by atoms with van der Waals surface area (Å²) in [5.74, 6) is 1.10. The molecule has 0 fully saturated rings. The first-order chi connectivity index (χ1) is 17.2. The fraction of sp³-hybridized carbons (Fsp3) is 0.393. The summed E-state index contributed by atoms with van der Waals surface area (Å²) < 4.78 is 36.9. The maximum absolute atomic E-state index is 12.9. The number of hydrogen-bond acceptors (Lipinski definition) is 6. The number of alkyl halides is 2. The van der Waals surface area contributed by atoms with E-state index in [-0.39, 0.29) is 18.1 Å². The van der Waals surface area contributed by atoms with E-state index >= 15 is 0 Å². The topological polar surface area (TPSA) is 64.5 Å². The van der Waals surface area contributed by atoms with E-state index in [1.54, 1.807) is 12.1 Å². The molecule has 0 spiro atoms. The minimum absolute atomic E-state index is 0.0119. The molecule has 2 heterocycles. The van der Waals surface area contributed by atoms with E-state index in [2.05, 4.69) is 9.88 Å². The highest BCUT2D eigenvalue weighted by Crippen LogP contribution is 2.24. The molecule has 1 aliphatic rings. The van der Waals surface area contributed by atoms with Crippen molar-refractivity contribution >= 4 is 5.97 Å². The van der Waals surface area contributed by atoms with Crippen molar-refractivity contribution in [2.45, 2.75) is 58.8 Å². The molecule has 1 aromatic heterocycles. The molecule has 4 rings (SSSR count). The van der Waals surface area contributed by atoms with Gasteiger partial charge in [-0.1, -0.05) is 18.2 Å². The molecule has 0 radical (unpaired) electrons. The van der Waals surface area contributed by atoms with Crippen molar-refractivity contribution in [2.75, 3.05) is 13.1 Å². The van der Waals surface area contributed by atoms with Crippen molar-refractivity contribution in [3.8, 4) is 17.1 Å². The molecule has 3 aromatic rings. The largest absolute Gasteiger partial charge is 0.489 e. The van der Waals surface area contributed by atoms with Crippen LogP contribution in [0.3, 0.4) is 0 Å². The molecular weight excluding hydrogens is 464 g/mol. The minimum Gasteiger partial charge on any atom is -0.489 e. The number of carbonyl (C=O) groups is 1. The van der Waals surface area contributed by atoms with E-state index in [0.717, 1.165) is 29.8 Å². The van der Waals surface area contributed by atoms with E-state index in [4.69, 9.17) is 14.5 Å².